The number of aryl methyl sites for hydroxylation is 2. The Morgan fingerprint density at radius 1 is 0.800 bits per heavy atom. The molecule has 0 spiro atoms. The first-order chi connectivity index (χ1) is 16.6. The number of hydrogen-bond acceptors (Lipinski definition) is 3. The van der Waals surface area contributed by atoms with Crippen molar-refractivity contribution in [2.75, 3.05) is 16.1 Å². The van der Waals surface area contributed by atoms with Crippen LogP contribution in [0.4, 0.5) is 11.4 Å². The summed E-state index contributed by atoms with van der Waals surface area (Å²) in [5.41, 5.74) is 5.92. The lowest BCUT2D eigenvalue weighted by Crippen LogP contribution is -2.36. The Morgan fingerprint density at radius 2 is 1.57 bits per heavy atom. The van der Waals surface area contributed by atoms with E-state index in [0.29, 0.717) is 21.6 Å². The Bertz CT molecular complexity index is 1500. The number of hydrogen-bond donors (Lipinski definition) is 3. The number of benzene rings is 3. The summed E-state index contributed by atoms with van der Waals surface area (Å²) >= 11 is 18.2. The molecule has 3 aromatic carbocycles. The molecular formula is C25H19Cl3N4O3. The van der Waals surface area contributed by atoms with E-state index in [9.17, 15) is 14.4 Å². The summed E-state index contributed by atoms with van der Waals surface area (Å²) in [4.78, 5) is 38.5. The van der Waals surface area contributed by atoms with Crippen molar-refractivity contribution < 1.29 is 14.4 Å². The second-order valence-corrected chi connectivity index (χ2v) is 9.04. The van der Waals surface area contributed by atoms with Crippen LogP contribution in [0.2, 0.25) is 15.1 Å². The smallest absolute Gasteiger partial charge is 0.321 e. The number of nitrogens with zero attached hydrogens (tertiary/aromatic N) is 1. The molecule has 0 saturated heterocycles. The molecule has 4 rings (SSSR count). The highest BCUT2D eigenvalue weighted by Crippen LogP contribution is 2.29. The van der Waals surface area contributed by atoms with Crippen LogP contribution in [-0.2, 0) is 9.59 Å². The molecule has 0 unspecified atom stereocenters. The van der Waals surface area contributed by atoms with Crippen molar-refractivity contribution in [1.29, 1.82) is 0 Å². The van der Waals surface area contributed by atoms with Gasteiger partial charge in [-0.2, -0.15) is 0 Å². The predicted octanol–water partition coefficient (Wildman–Crippen LogP) is 6.18. The highest BCUT2D eigenvalue weighted by molar-refractivity contribution is 6.46. The SMILES string of the molecule is Cc1ccc(NC(=O)c2cc3cc(Cl)ccc3n2NC(=O)C(=O)Nc2cccc(Cl)c2Cl)cc1C. The monoisotopic (exact) mass is 528 g/mol. The Morgan fingerprint density at radius 3 is 2.31 bits per heavy atom. The number of halogens is 3. The van der Waals surface area contributed by atoms with E-state index in [1.54, 1.807) is 42.5 Å². The highest BCUT2D eigenvalue weighted by atomic mass is 35.5. The summed E-state index contributed by atoms with van der Waals surface area (Å²) in [5.74, 6) is -2.50. The molecule has 178 valence electrons. The van der Waals surface area contributed by atoms with E-state index < -0.39 is 17.7 Å². The number of fused-ring (bicyclic) bond motifs is 1. The van der Waals surface area contributed by atoms with E-state index in [1.165, 1.54) is 10.7 Å². The van der Waals surface area contributed by atoms with Crippen LogP contribution in [0, 0.1) is 13.8 Å². The van der Waals surface area contributed by atoms with Gasteiger partial charge in [-0.25, -0.2) is 4.68 Å². The topological polar surface area (TPSA) is 92.2 Å². The number of anilines is 2. The van der Waals surface area contributed by atoms with Crippen LogP contribution >= 0.6 is 34.8 Å². The molecule has 0 fully saturated rings. The molecule has 0 bridgehead atoms. The van der Waals surface area contributed by atoms with Gasteiger partial charge >= 0.3 is 11.8 Å². The molecule has 0 saturated carbocycles. The van der Waals surface area contributed by atoms with Gasteiger partial charge in [0.15, 0.2) is 0 Å². The van der Waals surface area contributed by atoms with E-state index in [0.717, 1.165) is 11.1 Å². The zero-order valence-corrected chi connectivity index (χ0v) is 20.8. The third kappa shape index (κ3) is 5.27. The fraction of sp³-hybridized carbons (Fsp3) is 0.0800. The van der Waals surface area contributed by atoms with Crippen LogP contribution in [0.1, 0.15) is 21.6 Å². The maximum Gasteiger partial charge on any atom is 0.328 e. The molecule has 0 atom stereocenters. The molecule has 10 heteroatoms. The molecule has 0 aliphatic rings. The molecular weight excluding hydrogens is 511 g/mol. The van der Waals surface area contributed by atoms with E-state index in [4.69, 9.17) is 34.8 Å². The van der Waals surface area contributed by atoms with E-state index in [1.807, 2.05) is 26.0 Å². The quantitative estimate of drug-likeness (QED) is 0.276. The molecule has 0 aliphatic heterocycles. The van der Waals surface area contributed by atoms with Gasteiger partial charge in [-0.1, -0.05) is 46.9 Å². The van der Waals surface area contributed by atoms with Gasteiger partial charge in [0.25, 0.3) is 5.91 Å². The summed E-state index contributed by atoms with van der Waals surface area (Å²) in [7, 11) is 0. The molecule has 3 amide bonds. The van der Waals surface area contributed by atoms with Crippen molar-refractivity contribution in [2.24, 2.45) is 0 Å². The normalized spacial score (nSPS) is 10.8. The molecule has 0 radical (unpaired) electrons. The minimum atomic E-state index is -1.02. The summed E-state index contributed by atoms with van der Waals surface area (Å²) in [6.45, 7) is 3.91. The first-order valence-electron chi connectivity index (χ1n) is 10.4. The fourth-order valence-electron chi connectivity index (χ4n) is 3.42. The maximum atomic E-state index is 13.2. The number of carbonyl (C=O) groups is 3. The summed E-state index contributed by atoms with van der Waals surface area (Å²) in [6, 6.07) is 16.6. The number of carbonyl (C=O) groups excluding carboxylic acids is 3. The maximum absolute atomic E-state index is 13.2. The average molecular weight is 530 g/mol. The second-order valence-electron chi connectivity index (χ2n) is 7.82. The number of rotatable bonds is 4. The lowest BCUT2D eigenvalue weighted by Gasteiger charge is -2.13. The Hall–Kier alpha value is -3.52. The van der Waals surface area contributed by atoms with E-state index in [-0.39, 0.29) is 21.4 Å². The first-order valence-corrected chi connectivity index (χ1v) is 11.5. The van der Waals surface area contributed by atoms with Crippen molar-refractivity contribution in [3.63, 3.8) is 0 Å². The Labute approximate surface area is 215 Å². The molecule has 3 N–H and O–H groups in total. The third-order valence-corrected chi connectivity index (χ3v) is 6.43. The van der Waals surface area contributed by atoms with Gasteiger partial charge in [-0.05, 0) is 73.5 Å². The molecule has 1 aromatic heterocycles. The zero-order valence-electron chi connectivity index (χ0n) is 18.6. The Kier molecular flexibility index (Phi) is 7.03. The van der Waals surface area contributed by atoms with Crippen molar-refractivity contribution >= 4 is 74.8 Å². The van der Waals surface area contributed by atoms with Crippen LogP contribution in [0.3, 0.4) is 0 Å². The predicted molar refractivity (Wildman–Crippen MR) is 140 cm³/mol. The third-order valence-electron chi connectivity index (χ3n) is 5.38. The average Bonchev–Trinajstić information content (AvgIpc) is 3.16. The number of nitrogens with one attached hydrogen (secondary N) is 3. The van der Waals surface area contributed by atoms with Crippen LogP contribution in [0.25, 0.3) is 10.9 Å². The van der Waals surface area contributed by atoms with Crippen molar-refractivity contribution in [3.05, 3.63) is 92.6 Å². The van der Waals surface area contributed by atoms with Gasteiger partial charge < -0.3 is 10.6 Å². The summed E-state index contributed by atoms with van der Waals surface area (Å²) < 4.78 is 1.24. The molecule has 1 heterocycles. The fourth-order valence-corrected chi connectivity index (χ4v) is 3.95. The van der Waals surface area contributed by atoms with E-state index in [2.05, 4.69) is 16.1 Å². The van der Waals surface area contributed by atoms with Crippen LogP contribution in [0.5, 0.6) is 0 Å². The van der Waals surface area contributed by atoms with Crippen LogP contribution < -0.4 is 16.1 Å². The van der Waals surface area contributed by atoms with Gasteiger partial charge in [0.2, 0.25) is 0 Å². The van der Waals surface area contributed by atoms with Crippen molar-refractivity contribution in [3.8, 4) is 0 Å². The van der Waals surface area contributed by atoms with Gasteiger partial charge in [-0.3, -0.25) is 19.8 Å². The minimum absolute atomic E-state index is 0.0995. The molecule has 7 nitrogen and oxygen atoms in total. The first kappa shape index (κ1) is 24.6. The summed E-state index contributed by atoms with van der Waals surface area (Å²) in [6.07, 6.45) is 0. The molecule has 0 aliphatic carbocycles. The van der Waals surface area contributed by atoms with Gasteiger partial charge in [0.05, 0.1) is 21.2 Å². The van der Waals surface area contributed by atoms with Crippen LogP contribution in [0.15, 0.2) is 60.7 Å². The Balaban J connectivity index is 1.64. The van der Waals surface area contributed by atoms with Crippen molar-refractivity contribution in [2.45, 2.75) is 13.8 Å². The zero-order chi connectivity index (χ0) is 25.3. The largest absolute Gasteiger partial charge is 0.328 e. The van der Waals surface area contributed by atoms with Gasteiger partial charge in [0.1, 0.15) is 5.69 Å². The lowest BCUT2D eigenvalue weighted by atomic mass is 10.1. The van der Waals surface area contributed by atoms with Crippen molar-refractivity contribution in [1.82, 2.24) is 4.68 Å². The van der Waals surface area contributed by atoms with Gasteiger partial charge in [0, 0.05) is 16.1 Å². The van der Waals surface area contributed by atoms with E-state index >= 15 is 0 Å². The van der Waals surface area contributed by atoms with Crippen LogP contribution in [-0.4, -0.2) is 22.4 Å². The second kappa shape index (κ2) is 10.00. The standard InChI is InChI=1S/C25H19Cl3N4O3/c1-13-6-8-17(10-14(13)2)29-23(33)21-12-15-11-16(26)7-9-20(15)32(21)31-25(35)24(34)30-19-5-3-4-18(27)22(19)28/h3-12H,1-2H3,(H,29,33)(H,30,34)(H,31,35). The minimum Gasteiger partial charge on any atom is -0.321 e. The lowest BCUT2D eigenvalue weighted by molar-refractivity contribution is -0.133. The molecule has 4 aromatic rings. The number of amides is 3. The highest BCUT2D eigenvalue weighted by Gasteiger charge is 2.22. The summed E-state index contributed by atoms with van der Waals surface area (Å²) in [5, 5.41) is 6.62. The molecule has 35 heavy (non-hydrogen) atoms. The number of aromatic nitrogens is 1. The van der Waals surface area contributed by atoms with Gasteiger partial charge in [-0.15, -0.1) is 0 Å².